The van der Waals surface area contributed by atoms with Crippen LogP contribution in [-0.4, -0.2) is 88.8 Å². The molecule has 4 aromatic carbocycles. The first-order chi connectivity index (χ1) is 25.4. The Morgan fingerprint density at radius 1 is 0.635 bits per heavy atom. The van der Waals surface area contributed by atoms with Crippen LogP contribution in [0.1, 0.15) is 23.6 Å². The van der Waals surface area contributed by atoms with Crippen LogP contribution >= 0.6 is 0 Å². The van der Waals surface area contributed by atoms with Gasteiger partial charge in [0.1, 0.15) is 17.3 Å². The van der Waals surface area contributed by atoms with Crippen LogP contribution in [0.3, 0.4) is 0 Å². The van der Waals surface area contributed by atoms with Crippen molar-refractivity contribution in [1.82, 2.24) is 19.8 Å². The maximum absolute atomic E-state index is 12.3. The first-order valence-electron chi connectivity index (χ1n) is 18.0. The van der Waals surface area contributed by atoms with Crippen LogP contribution in [0.15, 0.2) is 121 Å². The lowest BCUT2D eigenvalue weighted by atomic mass is 9.96. The topological polar surface area (TPSA) is 94.5 Å². The van der Waals surface area contributed by atoms with Gasteiger partial charge in [0.25, 0.3) is 0 Å². The predicted molar refractivity (Wildman–Crippen MR) is 203 cm³/mol. The van der Waals surface area contributed by atoms with Gasteiger partial charge < -0.3 is 24.4 Å². The standard InChI is InChI=1S/C42H46N6O4/c1-42(40(49)50,52-37-15-9-4-10-16-37)30-33-17-19-36(20-18-33)51-39-29-38(47-25-21-45(22-26-47)31-34-11-5-2-6-12-34)43-41(44-39)48-27-23-46(24-28-48)32-35-13-7-3-8-14-35/h2-20,29H,21-28,30-32H2,1H3,(H,49,50). The van der Waals surface area contributed by atoms with Crippen molar-refractivity contribution >= 4 is 17.7 Å². The molecule has 1 unspecified atom stereocenters. The van der Waals surface area contributed by atoms with Crippen LogP contribution in [-0.2, 0) is 24.3 Å². The monoisotopic (exact) mass is 698 g/mol. The Morgan fingerprint density at radius 3 is 1.69 bits per heavy atom. The van der Waals surface area contributed by atoms with Crippen molar-refractivity contribution in [3.8, 4) is 17.4 Å². The number of anilines is 2. The molecule has 7 rings (SSSR count). The van der Waals surface area contributed by atoms with E-state index >= 15 is 0 Å². The number of piperazine rings is 2. The summed E-state index contributed by atoms with van der Waals surface area (Å²) in [5.74, 6) is 2.11. The minimum Gasteiger partial charge on any atom is -0.478 e. The lowest BCUT2D eigenvalue weighted by Crippen LogP contribution is -2.47. The molecule has 0 amide bonds. The first kappa shape index (κ1) is 35.0. The zero-order valence-electron chi connectivity index (χ0n) is 29.7. The van der Waals surface area contributed by atoms with Crippen molar-refractivity contribution in [1.29, 1.82) is 0 Å². The van der Waals surface area contributed by atoms with Crippen LogP contribution in [0, 0.1) is 0 Å². The number of hydrogen-bond donors (Lipinski definition) is 1. The van der Waals surface area contributed by atoms with Gasteiger partial charge in [0, 0.05) is 77.9 Å². The molecule has 1 atom stereocenters. The lowest BCUT2D eigenvalue weighted by Gasteiger charge is -2.37. The number of ether oxygens (including phenoxy) is 2. The van der Waals surface area contributed by atoms with Gasteiger partial charge >= 0.3 is 5.97 Å². The molecule has 1 aromatic heterocycles. The number of carbonyl (C=O) groups is 1. The Bertz CT molecular complexity index is 1800. The van der Waals surface area contributed by atoms with E-state index in [9.17, 15) is 9.90 Å². The molecule has 0 aliphatic carbocycles. The first-order valence-corrected chi connectivity index (χ1v) is 18.0. The van der Waals surface area contributed by atoms with Gasteiger partial charge in [-0.15, -0.1) is 0 Å². The Hall–Kier alpha value is -5.45. The number of carboxylic acid groups (broad SMARTS) is 1. The fourth-order valence-corrected chi connectivity index (χ4v) is 6.77. The van der Waals surface area contributed by atoms with Crippen LogP contribution in [0.25, 0.3) is 0 Å². The number of rotatable bonds is 13. The summed E-state index contributed by atoms with van der Waals surface area (Å²) in [6.45, 7) is 10.5. The van der Waals surface area contributed by atoms with Crippen LogP contribution in [0.4, 0.5) is 11.8 Å². The summed E-state index contributed by atoms with van der Waals surface area (Å²) in [5.41, 5.74) is 2.03. The molecule has 0 radical (unpaired) electrons. The molecule has 2 aliphatic rings. The molecule has 2 saturated heterocycles. The van der Waals surface area contributed by atoms with E-state index in [1.54, 1.807) is 19.1 Å². The van der Waals surface area contributed by atoms with Gasteiger partial charge in [0.2, 0.25) is 17.4 Å². The zero-order valence-corrected chi connectivity index (χ0v) is 29.7. The third-order valence-corrected chi connectivity index (χ3v) is 9.75. The van der Waals surface area contributed by atoms with Crippen molar-refractivity contribution < 1.29 is 19.4 Å². The van der Waals surface area contributed by atoms with Crippen LogP contribution in [0.2, 0.25) is 0 Å². The summed E-state index contributed by atoms with van der Waals surface area (Å²) in [7, 11) is 0. The van der Waals surface area contributed by atoms with Crippen molar-refractivity contribution in [2.45, 2.75) is 32.0 Å². The second-order valence-electron chi connectivity index (χ2n) is 13.7. The number of nitrogens with zero attached hydrogens (tertiary/aromatic N) is 6. The highest BCUT2D eigenvalue weighted by atomic mass is 16.5. The molecule has 268 valence electrons. The van der Waals surface area contributed by atoms with Crippen molar-refractivity contribution in [3.05, 3.63) is 138 Å². The molecular formula is C42H46N6O4. The molecule has 3 heterocycles. The molecular weight excluding hydrogens is 653 g/mol. The van der Waals surface area contributed by atoms with E-state index in [0.29, 0.717) is 23.3 Å². The molecule has 2 fully saturated rings. The normalized spacial score (nSPS) is 16.6. The second-order valence-corrected chi connectivity index (χ2v) is 13.7. The van der Waals surface area contributed by atoms with Crippen molar-refractivity contribution in [2.24, 2.45) is 0 Å². The van der Waals surface area contributed by atoms with E-state index in [1.807, 2.05) is 48.5 Å². The number of para-hydroxylation sites is 1. The highest BCUT2D eigenvalue weighted by Gasteiger charge is 2.36. The highest BCUT2D eigenvalue weighted by Crippen LogP contribution is 2.29. The van der Waals surface area contributed by atoms with Gasteiger partial charge in [-0.2, -0.15) is 9.97 Å². The Morgan fingerprint density at radius 2 is 1.15 bits per heavy atom. The summed E-state index contributed by atoms with van der Waals surface area (Å²) in [5, 5.41) is 10.1. The molecule has 2 aliphatic heterocycles. The number of aromatic nitrogens is 2. The van der Waals surface area contributed by atoms with Gasteiger partial charge in [-0.25, -0.2) is 4.79 Å². The Balaban J connectivity index is 1.06. The maximum Gasteiger partial charge on any atom is 0.348 e. The number of carboxylic acids is 1. The Labute approximate surface area is 305 Å². The molecule has 1 N–H and O–H groups in total. The van der Waals surface area contributed by atoms with E-state index in [-0.39, 0.29) is 6.42 Å². The van der Waals surface area contributed by atoms with Gasteiger partial charge in [-0.05, 0) is 47.9 Å². The lowest BCUT2D eigenvalue weighted by molar-refractivity contribution is -0.153. The van der Waals surface area contributed by atoms with Gasteiger partial charge in [0.15, 0.2) is 0 Å². The minimum absolute atomic E-state index is 0.186. The summed E-state index contributed by atoms with van der Waals surface area (Å²) < 4.78 is 12.3. The van der Waals surface area contributed by atoms with Gasteiger partial charge in [-0.1, -0.05) is 91.0 Å². The quantitative estimate of drug-likeness (QED) is 0.149. The van der Waals surface area contributed by atoms with Gasteiger partial charge in [-0.3, -0.25) is 9.80 Å². The van der Waals surface area contributed by atoms with Crippen molar-refractivity contribution in [3.63, 3.8) is 0 Å². The molecule has 0 spiro atoms. The van der Waals surface area contributed by atoms with E-state index in [1.165, 1.54) is 11.1 Å². The molecule has 0 bridgehead atoms. The second kappa shape index (κ2) is 16.3. The number of benzene rings is 4. The van der Waals surface area contributed by atoms with Crippen molar-refractivity contribution in [2.75, 3.05) is 62.2 Å². The fraction of sp³-hybridized carbons (Fsp3) is 0.310. The molecule has 52 heavy (non-hydrogen) atoms. The summed E-state index contributed by atoms with van der Waals surface area (Å²) in [4.78, 5) is 31.8. The largest absolute Gasteiger partial charge is 0.478 e. The van der Waals surface area contributed by atoms with Crippen LogP contribution in [0.5, 0.6) is 17.4 Å². The zero-order chi connectivity index (χ0) is 35.8. The summed E-state index contributed by atoms with van der Waals surface area (Å²) >= 11 is 0. The molecule has 10 heteroatoms. The van der Waals surface area contributed by atoms with Gasteiger partial charge in [0.05, 0.1) is 0 Å². The van der Waals surface area contributed by atoms with Crippen LogP contribution < -0.4 is 19.3 Å². The number of hydrogen-bond acceptors (Lipinski definition) is 9. The molecule has 5 aromatic rings. The summed E-state index contributed by atoms with van der Waals surface area (Å²) in [6, 6.07) is 39.7. The fourth-order valence-electron chi connectivity index (χ4n) is 6.77. The third-order valence-electron chi connectivity index (χ3n) is 9.75. The van der Waals surface area contributed by atoms with E-state index in [0.717, 1.165) is 76.8 Å². The summed E-state index contributed by atoms with van der Waals surface area (Å²) in [6.07, 6.45) is 0.186. The smallest absolute Gasteiger partial charge is 0.348 e. The number of aliphatic carboxylic acids is 1. The highest BCUT2D eigenvalue weighted by molar-refractivity contribution is 5.78. The average molecular weight is 699 g/mol. The third kappa shape index (κ3) is 9.06. The SMILES string of the molecule is CC(Cc1ccc(Oc2cc(N3CCN(Cc4ccccc4)CC3)nc(N3CCN(Cc4ccccc4)CC3)n2)cc1)(Oc1ccccc1)C(=O)O. The van der Waals surface area contributed by atoms with E-state index < -0.39 is 11.6 Å². The van der Waals surface area contributed by atoms with E-state index in [2.05, 4.69) is 80.3 Å². The average Bonchev–Trinajstić information content (AvgIpc) is 3.17. The predicted octanol–water partition coefficient (Wildman–Crippen LogP) is 6.38. The van der Waals surface area contributed by atoms with E-state index in [4.69, 9.17) is 19.4 Å². The maximum atomic E-state index is 12.3. The minimum atomic E-state index is -1.43. The Kier molecular flexibility index (Phi) is 10.9. The molecule has 0 saturated carbocycles. The molecule has 10 nitrogen and oxygen atoms in total.